The van der Waals surface area contributed by atoms with Gasteiger partial charge in [0.25, 0.3) is 0 Å². The van der Waals surface area contributed by atoms with Gasteiger partial charge in [0, 0.05) is 0 Å². The summed E-state index contributed by atoms with van der Waals surface area (Å²) >= 11 is 0. The van der Waals surface area contributed by atoms with Gasteiger partial charge in [0.2, 0.25) is 6.85 Å². The van der Waals surface area contributed by atoms with Crippen molar-refractivity contribution in [2.75, 3.05) is 13.1 Å². The Kier molecular flexibility index (Phi) is 5.12. The lowest BCUT2D eigenvalue weighted by molar-refractivity contribution is 0.792. The van der Waals surface area contributed by atoms with E-state index in [4.69, 9.17) is 5.73 Å². The van der Waals surface area contributed by atoms with Crippen LogP contribution in [0, 0.1) is 0 Å². The summed E-state index contributed by atoms with van der Waals surface area (Å²) in [7, 11) is 0. The third-order valence-electron chi connectivity index (χ3n) is 0.933. The molecule has 0 amide bonds. The molecule has 0 saturated carbocycles. The number of hydrogen-bond donors (Lipinski definition) is 2. The van der Waals surface area contributed by atoms with Crippen molar-refractivity contribution < 1.29 is 0 Å². The summed E-state index contributed by atoms with van der Waals surface area (Å²) in [4.78, 5) is 0. The molecule has 0 aromatic heterocycles. The standard InChI is InChI=1S/C5H15BN2/c1-6(2)8-5-3-4-7/h8H,3-5,7H2,1-2H3. The Balaban J connectivity index is 2.72. The SMILES string of the molecule is CB(C)NCCCN. The van der Waals surface area contributed by atoms with Gasteiger partial charge < -0.3 is 11.0 Å². The van der Waals surface area contributed by atoms with Crippen LogP contribution >= 0.6 is 0 Å². The lowest BCUT2D eigenvalue weighted by Crippen LogP contribution is -2.29. The highest BCUT2D eigenvalue weighted by Crippen LogP contribution is 1.73. The molecule has 0 aliphatic carbocycles. The van der Waals surface area contributed by atoms with Gasteiger partial charge in [-0.05, 0) is 19.5 Å². The van der Waals surface area contributed by atoms with Crippen molar-refractivity contribution in [3.63, 3.8) is 0 Å². The molecule has 0 aliphatic heterocycles. The van der Waals surface area contributed by atoms with Crippen molar-refractivity contribution in [2.45, 2.75) is 20.1 Å². The summed E-state index contributed by atoms with van der Waals surface area (Å²) < 4.78 is 0. The first-order chi connectivity index (χ1) is 3.77. The summed E-state index contributed by atoms with van der Waals surface area (Å²) in [6.45, 7) is 6.71. The molecule has 48 valence electrons. The molecule has 0 saturated heterocycles. The molecule has 0 rings (SSSR count). The molecule has 0 spiro atoms. The molecule has 0 atom stereocenters. The normalized spacial score (nSPS) is 9.38. The lowest BCUT2D eigenvalue weighted by Gasteiger charge is -2.01. The minimum absolute atomic E-state index is 0.599. The predicted octanol–water partition coefficient (Wildman–Crippen LogP) is 0.176. The van der Waals surface area contributed by atoms with Gasteiger partial charge in [-0.2, -0.15) is 0 Å². The van der Waals surface area contributed by atoms with Crippen LogP contribution in [0.2, 0.25) is 13.6 Å². The second kappa shape index (κ2) is 5.13. The zero-order valence-electron chi connectivity index (χ0n) is 5.78. The zero-order valence-corrected chi connectivity index (χ0v) is 5.78. The van der Waals surface area contributed by atoms with Crippen LogP contribution < -0.4 is 11.0 Å². The average molecular weight is 114 g/mol. The van der Waals surface area contributed by atoms with Crippen molar-refractivity contribution in [1.29, 1.82) is 0 Å². The molecule has 0 radical (unpaired) electrons. The summed E-state index contributed by atoms with van der Waals surface area (Å²) in [6, 6.07) is 0. The highest BCUT2D eigenvalue weighted by molar-refractivity contribution is 6.52. The fraction of sp³-hybridized carbons (Fsp3) is 1.00. The summed E-state index contributed by atoms with van der Waals surface area (Å²) in [5.74, 6) is 0. The predicted molar refractivity (Wildman–Crippen MR) is 39.2 cm³/mol. The molecular formula is C5H15BN2. The first-order valence-corrected chi connectivity index (χ1v) is 3.21. The summed E-state index contributed by atoms with van der Waals surface area (Å²) in [5.41, 5.74) is 5.27. The smallest absolute Gasteiger partial charge is 0.213 e. The first-order valence-electron chi connectivity index (χ1n) is 3.21. The average Bonchev–Trinajstić information content (AvgIpc) is 1.66. The fourth-order valence-corrected chi connectivity index (χ4v) is 0.493. The Morgan fingerprint density at radius 2 is 2.12 bits per heavy atom. The van der Waals surface area contributed by atoms with Gasteiger partial charge in [0.1, 0.15) is 0 Å². The third kappa shape index (κ3) is 5.98. The quantitative estimate of drug-likeness (QED) is 0.404. The van der Waals surface area contributed by atoms with E-state index >= 15 is 0 Å². The zero-order chi connectivity index (χ0) is 6.41. The molecule has 0 fully saturated rings. The van der Waals surface area contributed by atoms with Crippen LogP contribution in [0.4, 0.5) is 0 Å². The van der Waals surface area contributed by atoms with Gasteiger partial charge in [0.15, 0.2) is 0 Å². The highest BCUT2D eigenvalue weighted by Gasteiger charge is 1.93. The molecular weight excluding hydrogens is 98.9 g/mol. The van der Waals surface area contributed by atoms with E-state index in [0.717, 1.165) is 19.5 Å². The molecule has 0 aromatic carbocycles. The molecule has 8 heavy (non-hydrogen) atoms. The van der Waals surface area contributed by atoms with E-state index in [1.54, 1.807) is 0 Å². The van der Waals surface area contributed by atoms with Gasteiger partial charge in [0.05, 0.1) is 0 Å². The molecule has 3 heteroatoms. The van der Waals surface area contributed by atoms with E-state index in [1.807, 2.05) is 0 Å². The topological polar surface area (TPSA) is 38.0 Å². The maximum absolute atomic E-state index is 5.27. The van der Waals surface area contributed by atoms with Crippen LogP contribution in [-0.2, 0) is 0 Å². The van der Waals surface area contributed by atoms with Crippen molar-refractivity contribution in [2.24, 2.45) is 5.73 Å². The Labute approximate surface area is 51.9 Å². The largest absolute Gasteiger partial charge is 0.356 e. The van der Waals surface area contributed by atoms with Gasteiger partial charge in [-0.25, -0.2) is 0 Å². The van der Waals surface area contributed by atoms with Gasteiger partial charge in [-0.15, -0.1) is 0 Å². The molecule has 0 bridgehead atoms. The van der Waals surface area contributed by atoms with E-state index in [2.05, 4.69) is 18.9 Å². The van der Waals surface area contributed by atoms with Crippen molar-refractivity contribution in [3.8, 4) is 0 Å². The molecule has 0 unspecified atom stereocenters. The molecule has 0 aliphatic rings. The van der Waals surface area contributed by atoms with Crippen LogP contribution in [0.3, 0.4) is 0 Å². The number of rotatable bonds is 4. The minimum atomic E-state index is 0.599. The van der Waals surface area contributed by atoms with Crippen LogP contribution in [-0.4, -0.2) is 19.9 Å². The third-order valence-corrected chi connectivity index (χ3v) is 0.933. The Morgan fingerprint density at radius 3 is 2.50 bits per heavy atom. The molecule has 0 heterocycles. The van der Waals surface area contributed by atoms with E-state index in [0.29, 0.717) is 6.85 Å². The number of hydrogen-bond acceptors (Lipinski definition) is 2. The fourth-order valence-electron chi connectivity index (χ4n) is 0.493. The van der Waals surface area contributed by atoms with Crippen molar-refractivity contribution >= 4 is 6.85 Å². The minimum Gasteiger partial charge on any atom is -0.356 e. The molecule has 3 N–H and O–H groups in total. The van der Waals surface area contributed by atoms with Crippen molar-refractivity contribution in [1.82, 2.24) is 5.23 Å². The van der Waals surface area contributed by atoms with Gasteiger partial charge in [-0.1, -0.05) is 13.6 Å². The van der Waals surface area contributed by atoms with E-state index in [-0.39, 0.29) is 0 Å². The van der Waals surface area contributed by atoms with E-state index < -0.39 is 0 Å². The number of nitrogens with two attached hydrogens (primary N) is 1. The Morgan fingerprint density at radius 1 is 1.50 bits per heavy atom. The first kappa shape index (κ1) is 7.98. The number of nitrogens with one attached hydrogen (secondary N) is 1. The lowest BCUT2D eigenvalue weighted by atomic mass is 9.69. The summed E-state index contributed by atoms with van der Waals surface area (Å²) in [6.07, 6.45) is 1.08. The van der Waals surface area contributed by atoms with Crippen LogP contribution in [0.25, 0.3) is 0 Å². The maximum Gasteiger partial charge on any atom is 0.213 e. The maximum atomic E-state index is 5.27. The van der Waals surface area contributed by atoms with E-state index in [1.165, 1.54) is 0 Å². The molecule has 2 nitrogen and oxygen atoms in total. The summed E-state index contributed by atoms with van der Waals surface area (Å²) in [5, 5.41) is 3.27. The highest BCUT2D eigenvalue weighted by atomic mass is 14.8. The van der Waals surface area contributed by atoms with Crippen molar-refractivity contribution in [3.05, 3.63) is 0 Å². The Bertz CT molecular complexity index is 47.7. The Hall–Kier alpha value is -0.0151. The second-order valence-electron chi connectivity index (χ2n) is 2.25. The second-order valence-corrected chi connectivity index (χ2v) is 2.25. The van der Waals surface area contributed by atoms with Gasteiger partial charge in [-0.3, -0.25) is 0 Å². The monoisotopic (exact) mass is 114 g/mol. The molecule has 0 aromatic rings. The van der Waals surface area contributed by atoms with Crippen LogP contribution in [0.1, 0.15) is 6.42 Å². The van der Waals surface area contributed by atoms with Gasteiger partial charge >= 0.3 is 0 Å². The van der Waals surface area contributed by atoms with Crippen LogP contribution in [0.15, 0.2) is 0 Å². The van der Waals surface area contributed by atoms with E-state index in [9.17, 15) is 0 Å². The van der Waals surface area contributed by atoms with Crippen LogP contribution in [0.5, 0.6) is 0 Å².